The number of benzene rings is 5. The predicted octanol–water partition coefficient (Wildman–Crippen LogP) is 8.32. The Bertz CT molecular complexity index is 2870. The summed E-state index contributed by atoms with van der Waals surface area (Å²) in [4.78, 5) is 80.9. The lowest BCUT2D eigenvalue weighted by Crippen LogP contribution is -2.71. The van der Waals surface area contributed by atoms with E-state index in [1.54, 1.807) is 26.2 Å². The number of carbonyl (C=O) groups is 5. The van der Waals surface area contributed by atoms with Gasteiger partial charge in [-0.2, -0.15) is 0 Å². The molecule has 0 bridgehead atoms. The maximum atomic E-state index is 15.0. The van der Waals surface area contributed by atoms with E-state index in [2.05, 4.69) is 20.8 Å². The van der Waals surface area contributed by atoms with E-state index >= 15 is 0 Å². The van der Waals surface area contributed by atoms with Crippen LogP contribution in [0.25, 0.3) is 0 Å². The zero-order chi connectivity index (χ0) is 51.0. The van der Waals surface area contributed by atoms with Gasteiger partial charge in [0.1, 0.15) is 28.8 Å². The van der Waals surface area contributed by atoms with Gasteiger partial charge in [0, 0.05) is 41.4 Å². The van der Waals surface area contributed by atoms with E-state index in [-0.39, 0.29) is 34.6 Å². The maximum Gasteiger partial charge on any atom is 0.413 e. The van der Waals surface area contributed by atoms with Crippen molar-refractivity contribution in [3.63, 3.8) is 0 Å². The summed E-state index contributed by atoms with van der Waals surface area (Å²) < 4.78 is 12.1. The second-order valence-electron chi connectivity index (χ2n) is 17.7. The SMILES string of the molecule is CN(CCC1=C(C(=S)OC(c2ccccc2)c2ccccc2)N2C(=O)C(NC(=O)/C(=N\OC(c3ccccc3)(c3ccccc3)c3ccccc3)c3csc(NC(=O)OC(C)(C)C)n3)[C@H]2SC1)C(=O)C(N)=O. The Balaban J connectivity index is 1.15. The molecule has 1 unspecified atom stereocenters. The molecule has 3 heterocycles. The number of carbonyl (C=O) groups excluding carboxylic acids is 5. The van der Waals surface area contributed by atoms with Crippen molar-refractivity contribution < 1.29 is 38.3 Å². The molecule has 2 aliphatic heterocycles. The predicted molar refractivity (Wildman–Crippen MR) is 281 cm³/mol. The molecular weight excluding hydrogens is 971 g/mol. The average Bonchev–Trinajstić information content (AvgIpc) is 3.85. The summed E-state index contributed by atoms with van der Waals surface area (Å²) in [7, 11) is 1.47. The first-order valence-electron chi connectivity index (χ1n) is 22.9. The summed E-state index contributed by atoms with van der Waals surface area (Å²) in [5.41, 5.74) is 7.66. The highest BCUT2D eigenvalue weighted by molar-refractivity contribution is 8.00. The van der Waals surface area contributed by atoms with Crippen molar-refractivity contribution >= 4 is 80.9 Å². The number of nitrogens with two attached hydrogens (primary N) is 1. The van der Waals surface area contributed by atoms with Crippen LogP contribution in [0.1, 0.15) is 66.8 Å². The molecule has 8 rings (SSSR count). The highest BCUT2D eigenvalue weighted by Gasteiger charge is 2.54. The van der Waals surface area contributed by atoms with Crippen LogP contribution >= 0.6 is 35.3 Å². The smallest absolute Gasteiger partial charge is 0.413 e. The molecule has 1 aromatic heterocycles. The number of aromatic nitrogens is 1. The lowest BCUT2D eigenvalue weighted by molar-refractivity contribution is -0.144. The number of oxime groups is 1. The van der Waals surface area contributed by atoms with Crippen molar-refractivity contribution in [2.45, 2.75) is 55.9 Å². The molecular formula is C54H51N7O8S3. The molecule has 5 amide bonds. The number of hydrogen-bond donors (Lipinski definition) is 3. The van der Waals surface area contributed by atoms with Gasteiger partial charge in [-0.15, -0.1) is 23.1 Å². The van der Waals surface area contributed by atoms with Crippen molar-refractivity contribution in [2.75, 3.05) is 24.7 Å². The largest absolute Gasteiger partial charge is 0.469 e. The molecule has 6 aromatic rings. The lowest BCUT2D eigenvalue weighted by atomic mass is 9.80. The number of amides is 5. The Hall–Kier alpha value is -7.67. The lowest BCUT2D eigenvalue weighted by Gasteiger charge is -2.50. The minimum atomic E-state index is -1.40. The number of β-lactam (4-membered cyclic amide) rings is 1. The molecule has 0 saturated carbocycles. The molecule has 72 heavy (non-hydrogen) atoms. The second-order valence-corrected chi connectivity index (χ2v) is 20.1. The topological polar surface area (TPSA) is 195 Å². The van der Waals surface area contributed by atoms with Crippen molar-refractivity contribution in [3.8, 4) is 0 Å². The zero-order valence-electron chi connectivity index (χ0n) is 39.7. The van der Waals surface area contributed by atoms with Crippen molar-refractivity contribution in [2.24, 2.45) is 10.9 Å². The first kappa shape index (κ1) is 50.7. The van der Waals surface area contributed by atoms with E-state index in [1.165, 1.54) is 28.6 Å². The minimum absolute atomic E-state index is 0.0252. The molecule has 0 radical (unpaired) electrons. The molecule has 5 aromatic carbocycles. The summed E-state index contributed by atoms with van der Waals surface area (Å²) in [6.45, 7) is 5.29. The highest BCUT2D eigenvalue weighted by atomic mass is 32.2. The molecule has 15 nitrogen and oxygen atoms in total. The Kier molecular flexibility index (Phi) is 15.6. The van der Waals surface area contributed by atoms with Gasteiger partial charge in [0.25, 0.3) is 11.8 Å². The van der Waals surface area contributed by atoms with E-state index < -0.39 is 58.4 Å². The normalized spacial score (nSPS) is 15.7. The molecule has 2 atom stereocenters. The number of thioether (sulfide) groups is 1. The van der Waals surface area contributed by atoms with Crippen LogP contribution in [0.2, 0.25) is 0 Å². The Morgan fingerprint density at radius 1 is 0.833 bits per heavy atom. The summed E-state index contributed by atoms with van der Waals surface area (Å²) in [6, 6.07) is 46.4. The van der Waals surface area contributed by atoms with Crippen LogP contribution in [-0.2, 0) is 39.1 Å². The fourth-order valence-corrected chi connectivity index (χ4v) is 10.6. The minimum Gasteiger partial charge on any atom is -0.469 e. The molecule has 368 valence electrons. The van der Waals surface area contributed by atoms with Gasteiger partial charge in [0.05, 0.1) is 5.70 Å². The Morgan fingerprint density at radius 3 is 1.85 bits per heavy atom. The number of rotatable bonds is 16. The molecule has 1 saturated heterocycles. The average molecular weight is 1020 g/mol. The fourth-order valence-electron chi connectivity index (χ4n) is 8.24. The van der Waals surface area contributed by atoms with Gasteiger partial charge >= 0.3 is 17.9 Å². The van der Waals surface area contributed by atoms with Crippen LogP contribution < -0.4 is 16.4 Å². The van der Waals surface area contributed by atoms with Gasteiger partial charge in [-0.25, -0.2) is 9.78 Å². The standard InChI is InChI=1S/C54H51N7O8S3/c1-53(2,3)68-52(66)58-51-56-40(33-72-51)41(59-69-54(37-24-14-7-15-25-37,38-26-16-8-17-27-38)39-28-18-9-19-29-39)46(63)57-42-47(64)61-43(36(32-71-49(42)61)30-31-60(4)48(65)45(55)62)50(70)67-44(34-20-10-5-11-21-34)35-22-12-6-13-23-35/h5-29,33,42,44,49H,30-32H2,1-4H3,(H2,55,62)(H,57,63)(H,56,58,66)/b59-41-/t42?,49-/m1/s1. The quantitative estimate of drug-likeness (QED) is 0.0211. The van der Waals surface area contributed by atoms with Crippen molar-refractivity contribution in [1.82, 2.24) is 20.1 Å². The monoisotopic (exact) mass is 1020 g/mol. The zero-order valence-corrected chi connectivity index (χ0v) is 42.2. The van der Waals surface area contributed by atoms with Gasteiger partial charge in [0.15, 0.2) is 10.8 Å². The molecule has 4 N–H and O–H groups in total. The van der Waals surface area contributed by atoms with E-state index in [4.69, 9.17) is 32.3 Å². The van der Waals surface area contributed by atoms with Crippen molar-refractivity contribution in [1.29, 1.82) is 0 Å². The van der Waals surface area contributed by atoms with Gasteiger partial charge in [-0.3, -0.25) is 29.4 Å². The molecule has 0 aliphatic carbocycles. The van der Waals surface area contributed by atoms with E-state index in [9.17, 15) is 24.0 Å². The summed E-state index contributed by atoms with van der Waals surface area (Å²) >= 11 is 8.52. The number of thiazole rings is 1. The molecule has 1 fully saturated rings. The first-order chi connectivity index (χ1) is 34.6. The summed E-state index contributed by atoms with van der Waals surface area (Å²) in [5, 5.41) is 11.2. The van der Waals surface area contributed by atoms with Crippen LogP contribution in [0, 0.1) is 0 Å². The first-order valence-corrected chi connectivity index (χ1v) is 25.2. The third-order valence-corrected chi connectivity index (χ3v) is 14.0. The summed E-state index contributed by atoms with van der Waals surface area (Å²) in [6.07, 6.45) is -1.18. The third-order valence-electron chi connectivity index (χ3n) is 11.6. The molecule has 0 spiro atoms. The number of fused-ring (bicyclic) bond motifs is 1. The van der Waals surface area contributed by atoms with Crippen LogP contribution in [0.3, 0.4) is 0 Å². The van der Waals surface area contributed by atoms with Crippen LogP contribution in [0.4, 0.5) is 9.93 Å². The third kappa shape index (κ3) is 11.3. The van der Waals surface area contributed by atoms with Crippen LogP contribution in [0.5, 0.6) is 0 Å². The molecule has 18 heteroatoms. The van der Waals surface area contributed by atoms with Crippen LogP contribution in [0.15, 0.2) is 173 Å². The number of anilines is 1. The number of hydrogen-bond acceptors (Lipinski definition) is 13. The number of nitrogens with one attached hydrogen (secondary N) is 2. The van der Waals surface area contributed by atoms with Crippen molar-refractivity contribution in [3.05, 3.63) is 202 Å². The number of thiocarbonyl (C=S) groups is 1. The fraction of sp³-hybridized carbons (Fsp3) is 0.222. The Morgan fingerprint density at radius 2 is 1.35 bits per heavy atom. The van der Waals surface area contributed by atoms with E-state index in [0.29, 0.717) is 33.7 Å². The summed E-state index contributed by atoms with van der Waals surface area (Å²) in [5.74, 6) is -2.92. The number of ether oxygens (including phenoxy) is 2. The highest BCUT2D eigenvalue weighted by Crippen LogP contribution is 2.44. The Labute approximate surface area is 430 Å². The number of nitrogens with zero attached hydrogens (tertiary/aromatic N) is 4. The maximum absolute atomic E-state index is 15.0. The number of likely N-dealkylation sites (N-methyl/N-ethyl adjacent to an activating group) is 1. The van der Waals surface area contributed by atoms with Gasteiger partial charge in [-0.1, -0.05) is 157 Å². The van der Waals surface area contributed by atoms with Gasteiger partial charge < -0.3 is 30.3 Å². The second kappa shape index (κ2) is 22.2. The van der Waals surface area contributed by atoms with E-state index in [1.807, 2.05) is 152 Å². The number of primary amides is 1. The molecule has 2 aliphatic rings. The van der Waals surface area contributed by atoms with Gasteiger partial charge in [0.2, 0.25) is 10.7 Å². The van der Waals surface area contributed by atoms with Gasteiger partial charge in [-0.05, 0) is 56.1 Å². The van der Waals surface area contributed by atoms with Crippen LogP contribution in [-0.4, -0.2) is 91.6 Å². The van der Waals surface area contributed by atoms with E-state index in [0.717, 1.165) is 22.5 Å².